The molecular weight excluding hydrogens is 1020 g/mol. The highest BCUT2D eigenvalue weighted by Crippen LogP contribution is 2.59. The van der Waals surface area contributed by atoms with Crippen molar-refractivity contribution < 1.29 is 61.4 Å². The van der Waals surface area contributed by atoms with Gasteiger partial charge in [-0.1, -0.05) is 63.2 Å². The fourth-order valence-corrected chi connectivity index (χ4v) is 11.8. The lowest BCUT2D eigenvalue weighted by Crippen LogP contribution is -2.60. The van der Waals surface area contributed by atoms with Crippen LogP contribution in [0.15, 0.2) is 77.6 Å². The van der Waals surface area contributed by atoms with Gasteiger partial charge in [-0.15, -0.1) is 11.3 Å². The Balaban J connectivity index is 0.878. The van der Waals surface area contributed by atoms with Crippen molar-refractivity contribution in [2.24, 2.45) is 12.5 Å². The van der Waals surface area contributed by atoms with E-state index in [-0.39, 0.29) is 79.9 Å². The van der Waals surface area contributed by atoms with E-state index < -0.39 is 78.2 Å². The number of carbonyl (C=O) groups is 6. The molecule has 9 rings (SSSR count). The van der Waals surface area contributed by atoms with E-state index in [1.807, 2.05) is 48.5 Å². The number of aromatic nitrogens is 2. The molecule has 0 saturated carbocycles. The van der Waals surface area contributed by atoms with Gasteiger partial charge in [0, 0.05) is 69.5 Å². The number of hydrogen-bond donors (Lipinski definition) is 4. The Bertz CT molecular complexity index is 3160. The number of imidazole rings is 1. The molecule has 6 amide bonds. The minimum absolute atomic E-state index is 0.0485. The van der Waals surface area contributed by atoms with Gasteiger partial charge in [0.15, 0.2) is 0 Å². The highest BCUT2D eigenvalue weighted by Gasteiger charge is 2.51. The lowest BCUT2D eigenvalue weighted by molar-refractivity contribution is -0.156. The Kier molecular flexibility index (Phi) is 15.1. The van der Waals surface area contributed by atoms with Crippen LogP contribution < -0.4 is 16.3 Å². The summed E-state index contributed by atoms with van der Waals surface area (Å²) in [6, 6.07) is 16.2. The monoisotopic (exact) mass is 1080 g/mol. The Morgan fingerprint density at radius 1 is 0.907 bits per heavy atom. The Labute approximate surface area is 433 Å². The summed E-state index contributed by atoms with van der Waals surface area (Å²) in [5.41, 5.74) is -3.65. The molecule has 0 aliphatic carbocycles. The second kappa shape index (κ2) is 21.1. The second-order valence-electron chi connectivity index (χ2n) is 20.5. The molecule has 5 atom stereocenters. The molecule has 0 bridgehead atoms. The predicted molar refractivity (Wildman–Crippen MR) is 271 cm³/mol. The number of nitrogens with one attached hydrogen (secondary N) is 2. The van der Waals surface area contributed by atoms with Crippen molar-refractivity contribution in [1.82, 2.24) is 39.4 Å². The van der Waals surface area contributed by atoms with Crippen LogP contribution >= 0.6 is 18.9 Å². The number of rotatable bonds is 13. The number of nitrogens with zero attached hydrogens (tertiary/aromatic N) is 6. The molecule has 4 fully saturated rings. The summed E-state index contributed by atoms with van der Waals surface area (Å²) >= 11 is 0.943. The first kappa shape index (κ1) is 53.6. The second-order valence-corrected chi connectivity index (χ2v) is 23.3. The zero-order valence-electron chi connectivity index (χ0n) is 41.8. The van der Waals surface area contributed by atoms with Crippen LogP contribution in [0, 0.1) is 5.41 Å². The van der Waals surface area contributed by atoms with Crippen LogP contribution in [0.3, 0.4) is 0 Å². The number of benzene rings is 3. The van der Waals surface area contributed by atoms with Crippen LogP contribution in [-0.2, 0) is 57.3 Å². The molecule has 0 radical (unpaired) electrons. The van der Waals surface area contributed by atoms with Gasteiger partial charge in [0.05, 0.1) is 35.2 Å². The van der Waals surface area contributed by atoms with E-state index in [0.29, 0.717) is 48.5 Å². The number of amides is 6. The molecule has 4 aliphatic heterocycles. The molecule has 4 N–H and O–H groups in total. The third kappa shape index (κ3) is 10.9. The number of carbonyl (C=O) groups excluding carboxylic acids is 6. The van der Waals surface area contributed by atoms with Crippen LogP contribution in [0.2, 0.25) is 0 Å². The van der Waals surface area contributed by atoms with Crippen molar-refractivity contribution in [1.29, 1.82) is 0 Å². The number of fused-ring (bicyclic) bond motifs is 2. The van der Waals surface area contributed by atoms with Gasteiger partial charge >= 0.3 is 18.9 Å². The summed E-state index contributed by atoms with van der Waals surface area (Å²) in [4.78, 5) is 121. The number of likely N-dealkylation sites (tertiary alicyclic amines) is 1. The zero-order chi connectivity index (χ0) is 53.7. The number of thiophene rings is 1. The van der Waals surface area contributed by atoms with Gasteiger partial charge in [0.2, 0.25) is 29.5 Å². The Hall–Kier alpha value is -6.20. The molecule has 0 spiro atoms. The molecule has 5 aromatic rings. The van der Waals surface area contributed by atoms with E-state index in [4.69, 9.17) is 9.47 Å². The lowest BCUT2D eigenvalue weighted by atomic mass is 9.85. The van der Waals surface area contributed by atoms with Crippen molar-refractivity contribution in [3.8, 4) is 0 Å². The molecule has 24 heteroatoms. The standard InChI is InChI=1S/C51H59F2N8O12PS/c1-50(2,3)44(55-46(65)40-26-32-25-33(11-14-39(32)75-40)51(52,53)74(69,70)71)48(67)60-17-16-37(43(60)47(66)59-22-23-72-38(28-59)31-8-6-5-7-9-31)73-29-42(63)58-20-18-57(19-21-58)27-30-10-12-34-36(24-30)56(4)49(68)61(34)35-13-15-41(62)54-45(35)64/h5-12,14,24-26,35,37-38,43-44H,13,15-23,27-29H2,1-4H3,(H,55,65)(H,54,62,64)(H2,69,70,71)/t35?,37-,38+,43+,44-/m1/s1. The predicted octanol–water partition coefficient (Wildman–Crippen LogP) is 3.83. The Morgan fingerprint density at radius 2 is 1.64 bits per heavy atom. The molecule has 1 unspecified atom stereocenters. The largest absolute Gasteiger partial charge is 0.399 e. The first-order valence-corrected chi connectivity index (χ1v) is 27.1. The molecule has 3 aromatic carbocycles. The summed E-state index contributed by atoms with van der Waals surface area (Å²) in [5, 5.41) is 5.29. The van der Waals surface area contributed by atoms with E-state index >= 15 is 0 Å². The molecule has 400 valence electrons. The fourth-order valence-electron chi connectivity index (χ4n) is 10.3. The number of aryl methyl sites for hydroxylation is 1. The normalized spacial score (nSPS) is 21.7. The minimum Gasteiger partial charge on any atom is -0.370 e. The van der Waals surface area contributed by atoms with Crippen LogP contribution in [0.5, 0.6) is 0 Å². The van der Waals surface area contributed by atoms with E-state index in [1.165, 1.54) is 26.2 Å². The highest BCUT2D eigenvalue weighted by molar-refractivity contribution is 7.52. The summed E-state index contributed by atoms with van der Waals surface area (Å²) in [6.07, 6.45) is -0.783. The number of halogens is 2. The van der Waals surface area contributed by atoms with E-state index in [9.17, 15) is 56.7 Å². The van der Waals surface area contributed by atoms with Crippen LogP contribution in [-0.4, -0.2) is 151 Å². The van der Waals surface area contributed by atoms with Gasteiger partial charge in [-0.3, -0.25) is 52.7 Å². The van der Waals surface area contributed by atoms with Gasteiger partial charge in [0.1, 0.15) is 30.8 Å². The molecule has 6 heterocycles. The quantitative estimate of drug-likeness (QED) is 0.0970. The maximum atomic E-state index is 14.9. The third-order valence-electron chi connectivity index (χ3n) is 14.5. The zero-order valence-corrected chi connectivity index (χ0v) is 43.5. The fraction of sp³-hybridized carbons (Fsp3) is 0.471. The number of hydrogen-bond acceptors (Lipinski definition) is 12. The summed E-state index contributed by atoms with van der Waals surface area (Å²) in [7, 11) is -4.22. The van der Waals surface area contributed by atoms with Crippen molar-refractivity contribution in [2.75, 3.05) is 59.0 Å². The van der Waals surface area contributed by atoms with Gasteiger partial charge in [-0.05, 0) is 65.1 Å². The summed E-state index contributed by atoms with van der Waals surface area (Å²) < 4.78 is 56.5. The lowest BCUT2D eigenvalue weighted by Gasteiger charge is -2.39. The number of morpholine rings is 1. The average molecular weight is 1080 g/mol. The van der Waals surface area contributed by atoms with Crippen molar-refractivity contribution in [3.05, 3.63) is 105 Å². The van der Waals surface area contributed by atoms with Crippen molar-refractivity contribution >= 4 is 75.5 Å². The van der Waals surface area contributed by atoms with E-state index in [1.54, 1.807) is 37.6 Å². The van der Waals surface area contributed by atoms with Crippen LogP contribution in [0.4, 0.5) is 8.78 Å². The number of imide groups is 1. The molecule has 4 aliphatic rings. The van der Waals surface area contributed by atoms with Gasteiger partial charge < -0.3 is 39.3 Å². The highest BCUT2D eigenvalue weighted by atomic mass is 32.1. The molecular formula is C51H59F2N8O12PS. The van der Waals surface area contributed by atoms with Gasteiger partial charge in [-0.25, -0.2) is 4.79 Å². The molecule has 2 aromatic heterocycles. The maximum absolute atomic E-state index is 14.9. The number of piperazine rings is 1. The number of alkyl halides is 2. The van der Waals surface area contributed by atoms with Crippen molar-refractivity contribution in [3.63, 3.8) is 0 Å². The van der Waals surface area contributed by atoms with Gasteiger partial charge in [-0.2, -0.15) is 8.78 Å². The molecule has 75 heavy (non-hydrogen) atoms. The van der Waals surface area contributed by atoms with Crippen LogP contribution in [0.25, 0.3) is 21.1 Å². The number of piperidine rings is 1. The maximum Gasteiger partial charge on any atom is 0.399 e. The number of ether oxygens (including phenoxy) is 2. The smallest absolute Gasteiger partial charge is 0.370 e. The first-order valence-electron chi connectivity index (χ1n) is 24.7. The minimum atomic E-state index is -5.86. The van der Waals surface area contributed by atoms with E-state index in [0.717, 1.165) is 34.6 Å². The van der Waals surface area contributed by atoms with Crippen LogP contribution in [0.1, 0.15) is 78.5 Å². The Morgan fingerprint density at radius 3 is 2.33 bits per heavy atom. The van der Waals surface area contributed by atoms with Gasteiger partial charge in [0.25, 0.3) is 5.91 Å². The van der Waals surface area contributed by atoms with E-state index in [2.05, 4.69) is 15.5 Å². The summed E-state index contributed by atoms with van der Waals surface area (Å²) in [6.45, 7) is 7.92. The third-order valence-corrected chi connectivity index (χ3v) is 16.6. The SMILES string of the molecule is Cn1c(=O)n(C2CCC(=O)NC2=O)c2ccc(CN3CCN(C(=O)CO[C@@H]4CCN(C(=O)[C@@H](NC(=O)c5cc6cc(C(F)(F)P(=O)(O)O)ccc6s5)C(C)(C)C)[C@@H]4C(=O)N4CCO[C@H](c5ccccc5)C4)CC3)cc21. The summed E-state index contributed by atoms with van der Waals surface area (Å²) in [5.74, 6) is -2.86. The topological polar surface area (TPSA) is 242 Å². The first-order chi connectivity index (χ1) is 35.5. The van der Waals surface area contributed by atoms with Crippen molar-refractivity contribution in [2.45, 2.75) is 82.6 Å². The molecule has 4 saturated heterocycles. The molecule has 20 nitrogen and oxygen atoms in total. The average Bonchev–Trinajstić information content (AvgIpc) is 4.08.